The number of carbonyl (C=O) groups is 1. The summed E-state index contributed by atoms with van der Waals surface area (Å²) in [7, 11) is 1.37. The molecular weight excluding hydrogens is 472 g/mol. The fourth-order valence-corrected chi connectivity index (χ4v) is 5.20. The van der Waals surface area contributed by atoms with Crippen molar-refractivity contribution in [3.63, 3.8) is 0 Å². The third-order valence-corrected chi connectivity index (χ3v) is 6.90. The maximum atomic E-state index is 13.3. The number of hydrogen-bond donors (Lipinski definition) is 1. The Balaban J connectivity index is 1.42. The summed E-state index contributed by atoms with van der Waals surface area (Å²) in [5.74, 6) is 0.341. The second-order valence-corrected chi connectivity index (χ2v) is 9.00. The number of non-ortho nitro benzene ring substituents is 1. The summed E-state index contributed by atoms with van der Waals surface area (Å²) in [4.78, 5) is 41.3. The molecule has 1 aliphatic heterocycles. The van der Waals surface area contributed by atoms with Crippen molar-refractivity contribution < 1.29 is 14.5 Å². The van der Waals surface area contributed by atoms with Crippen molar-refractivity contribution in [2.75, 3.05) is 18.2 Å². The number of nitro benzene ring substituents is 1. The van der Waals surface area contributed by atoms with Crippen molar-refractivity contribution in [1.29, 1.82) is 0 Å². The molecule has 1 amide bonds. The molecule has 178 valence electrons. The quantitative estimate of drug-likeness (QED) is 0.246. The van der Waals surface area contributed by atoms with Crippen LogP contribution in [-0.2, 0) is 4.79 Å². The Morgan fingerprint density at radius 3 is 2.86 bits per heavy atom. The van der Waals surface area contributed by atoms with Crippen molar-refractivity contribution in [3.8, 4) is 11.4 Å². The van der Waals surface area contributed by atoms with Crippen molar-refractivity contribution in [2.45, 2.75) is 24.5 Å². The molecule has 12 heteroatoms. The lowest BCUT2D eigenvalue weighted by atomic mass is 10.2. The summed E-state index contributed by atoms with van der Waals surface area (Å²) in [6, 6.07) is 11.3. The molecule has 0 fully saturated rings. The van der Waals surface area contributed by atoms with Crippen LogP contribution in [0, 0.1) is 17.0 Å². The normalized spacial score (nSPS) is 14.6. The predicted molar refractivity (Wildman–Crippen MR) is 131 cm³/mol. The summed E-state index contributed by atoms with van der Waals surface area (Å²) >= 11 is 1.41. The van der Waals surface area contributed by atoms with Gasteiger partial charge in [-0.15, -0.1) is 0 Å². The fraction of sp³-hybridized carbons (Fsp3) is 0.217. The number of benzene rings is 2. The highest BCUT2D eigenvalue weighted by atomic mass is 32.2. The van der Waals surface area contributed by atoms with Crippen LogP contribution >= 0.6 is 11.8 Å². The SMILES string of the molecule is COc1cc([N+](=O)[O-])ccc1NC(=O)CC1CSc2nc3c(cnn3-c3ccccc3C)c(=O)n21. The van der Waals surface area contributed by atoms with Crippen LogP contribution in [0.2, 0.25) is 0 Å². The van der Waals surface area contributed by atoms with Gasteiger partial charge in [0, 0.05) is 18.2 Å². The minimum Gasteiger partial charge on any atom is -0.494 e. The number of thioether (sulfide) groups is 1. The van der Waals surface area contributed by atoms with Crippen LogP contribution in [0.5, 0.6) is 5.75 Å². The number of hydrogen-bond acceptors (Lipinski definition) is 8. The predicted octanol–water partition coefficient (Wildman–Crippen LogP) is 3.48. The number of carbonyl (C=O) groups excluding carboxylic acids is 1. The van der Waals surface area contributed by atoms with Crippen molar-refractivity contribution in [3.05, 3.63) is 74.7 Å². The molecular formula is C23H20N6O5S. The van der Waals surface area contributed by atoms with E-state index < -0.39 is 11.0 Å². The van der Waals surface area contributed by atoms with Crippen LogP contribution in [0.3, 0.4) is 0 Å². The number of nitrogens with one attached hydrogen (secondary N) is 1. The van der Waals surface area contributed by atoms with Crippen molar-refractivity contribution in [2.24, 2.45) is 0 Å². The van der Waals surface area contributed by atoms with Gasteiger partial charge >= 0.3 is 0 Å². The van der Waals surface area contributed by atoms with Gasteiger partial charge in [0.15, 0.2) is 10.8 Å². The van der Waals surface area contributed by atoms with Gasteiger partial charge in [-0.05, 0) is 24.6 Å². The number of aryl methyl sites for hydroxylation is 1. The van der Waals surface area contributed by atoms with Gasteiger partial charge < -0.3 is 10.1 Å². The molecule has 0 radical (unpaired) electrons. The van der Waals surface area contributed by atoms with E-state index >= 15 is 0 Å². The standard InChI is InChI=1S/C23H20N6O5S/c1-13-5-3-4-6-18(13)28-21-16(11-24-28)22(31)27-15(12-35-23(27)26-21)10-20(30)25-17-8-7-14(29(32)33)9-19(17)34-2/h3-9,11,15H,10,12H2,1-2H3,(H,25,30). The van der Waals surface area contributed by atoms with Crippen LogP contribution in [0.15, 0.2) is 58.6 Å². The highest BCUT2D eigenvalue weighted by molar-refractivity contribution is 7.99. The Morgan fingerprint density at radius 2 is 2.11 bits per heavy atom. The minimum absolute atomic E-state index is 0.0270. The molecule has 0 spiro atoms. The maximum Gasteiger partial charge on any atom is 0.273 e. The van der Waals surface area contributed by atoms with Crippen LogP contribution in [0.1, 0.15) is 18.0 Å². The summed E-state index contributed by atoms with van der Waals surface area (Å²) in [5.41, 5.74) is 2.24. The maximum absolute atomic E-state index is 13.3. The molecule has 1 atom stereocenters. The molecule has 0 aliphatic carbocycles. The molecule has 2 aromatic heterocycles. The molecule has 1 aliphatic rings. The summed E-state index contributed by atoms with van der Waals surface area (Å²) in [6.45, 7) is 1.96. The Morgan fingerprint density at radius 1 is 1.31 bits per heavy atom. The lowest BCUT2D eigenvalue weighted by Gasteiger charge is -2.15. The third-order valence-electron chi connectivity index (χ3n) is 5.81. The molecule has 4 aromatic rings. The van der Waals surface area contributed by atoms with Gasteiger partial charge in [-0.25, -0.2) is 9.67 Å². The smallest absolute Gasteiger partial charge is 0.273 e. The average molecular weight is 493 g/mol. The number of nitrogens with zero attached hydrogens (tertiary/aromatic N) is 5. The molecule has 5 rings (SSSR count). The van der Waals surface area contributed by atoms with Crippen LogP contribution in [-0.4, -0.2) is 43.0 Å². The van der Waals surface area contributed by atoms with E-state index in [0.717, 1.165) is 11.3 Å². The van der Waals surface area contributed by atoms with E-state index in [1.54, 1.807) is 9.25 Å². The molecule has 3 heterocycles. The van der Waals surface area contributed by atoms with Gasteiger partial charge in [0.05, 0.1) is 41.7 Å². The largest absolute Gasteiger partial charge is 0.494 e. The van der Waals surface area contributed by atoms with Crippen molar-refractivity contribution in [1.82, 2.24) is 19.3 Å². The number of methoxy groups -OCH3 is 1. The Bertz CT molecular complexity index is 1550. The van der Waals surface area contributed by atoms with E-state index in [-0.39, 0.29) is 29.3 Å². The number of ether oxygens (including phenoxy) is 1. The summed E-state index contributed by atoms with van der Waals surface area (Å²) in [5, 5.41) is 19.0. The highest BCUT2D eigenvalue weighted by Crippen LogP contribution is 2.34. The number of fused-ring (bicyclic) bond motifs is 2. The van der Waals surface area contributed by atoms with E-state index in [4.69, 9.17) is 9.72 Å². The molecule has 1 N–H and O–H groups in total. The fourth-order valence-electron chi connectivity index (χ4n) is 4.07. The molecule has 0 saturated carbocycles. The third kappa shape index (κ3) is 4.01. The molecule has 2 aromatic carbocycles. The zero-order valence-corrected chi connectivity index (χ0v) is 19.6. The molecule has 11 nitrogen and oxygen atoms in total. The van der Waals surface area contributed by atoms with E-state index in [2.05, 4.69) is 10.4 Å². The van der Waals surface area contributed by atoms with Crippen LogP contribution in [0.25, 0.3) is 16.7 Å². The number of aromatic nitrogens is 4. The lowest BCUT2D eigenvalue weighted by molar-refractivity contribution is -0.384. The van der Waals surface area contributed by atoms with Gasteiger partial charge in [0.2, 0.25) is 5.91 Å². The summed E-state index contributed by atoms with van der Waals surface area (Å²) < 4.78 is 8.39. The van der Waals surface area contributed by atoms with Gasteiger partial charge in [-0.1, -0.05) is 30.0 Å². The molecule has 0 bridgehead atoms. The first kappa shape index (κ1) is 22.6. The minimum atomic E-state index is -0.539. The van der Waals surface area contributed by atoms with Gasteiger partial charge in [-0.2, -0.15) is 5.10 Å². The Labute approximate surface area is 202 Å². The Kier molecular flexibility index (Phi) is 5.73. The lowest BCUT2D eigenvalue weighted by Crippen LogP contribution is -2.27. The topological polar surface area (TPSA) is 134 Å². The van der Waals surface area contributed by atoms with Crippen LogP contribution in [0.4, 0.5) is 11.4 Å². The monoisotopic (exact) mass is 492 g/mol. The zero-order chi connectivity index (χ0) is 24.7. The number of anilines is 1. The average Bonchev–Trinajstić information content (AvgIpc) is 3.44. The molecule has 35 heavy (non-hydrogen) atoms. The van der Waals surface area contributed by atoms with E-state index in [9.17, 15) is 19.7 Å². The van der Waals surface area contributed by atoms with Gasteiger partial charge in [0.1, 0.15) is 11.1 Å². The first-order valence-electron chi connectivity index (χ1n) is 10.7. The summed E-state index contributed by atoms with van der Waals surface area (Å²) in [6.07, 6.45) is 1.53. The second kappa shape index (κ2) is 8.87. The second-order valence-electron chi connectivity index (χ2n) is 8.01. The van der Waals surface area contributed by atoms with Gasteiger partial charge in [-0.3, -0.25) is 24.3 Å². The van der Waals surface area contributed by atoms with E-state index in [1.165, 1.54) is 43.3 Å². The van der Waals surface area contributed by atoms with Crippen molar-refractivity contribution >= 4 is 40.1 Å². The molecule has 0 saturated heterocycles. The highest BCUT2D eigenvalue weighted by Gasteiger charge is 2.30. The first-order chi connectivity index (χ1) is 16.9. The van der Waals surface area contributed by atoms with E-state index in [1.807, 2.05) is 31.2 Å². The number of rotatable bonds is 6. The number of amides is 1. The Hall–Kier alpha value is -4.19. The number of nitro groups is 1. The first-order valence-corrected chi connectivity index (χ1v) is 11.7. The van der Waals surface area contributed by atoms with Crippen LogP contribution < -0.4 is 15.6 Å². The zero-order valence-electron chi connectivity index (χ0n) is 18.8. The van der Waals surface area contributed by atoms with Gasteiger partial charge in [0.25, 0.3) is 11.2 Å². The number of para-hydroxylation sites is 1. The van der Waals surface area contributed by atoms with E-state index in [0.29, 0.717) is 27.6 Å². The molecule has 1 unspecified atom stereocenters.